The van der Waals surface area contributed by atoms with Gasteiger partial charge in [0.1, 0.15) is 11.6 Å². The summed E-state index contributed by atoms with van der Waals surface area (Å²) in [5, 5.41) is 2.96. The molecule has 0 bridgehead atoms. The van der Waals surface area contributed by atoms with Crippen LogP contribution in [-0.2, 0) is 17.8 Å². The maximum absolute atomic E-state index is 13.0. The number of carbonyl (C=O) groups is 1. The Morgan fingerprint density at radius 1 is 1.00 bits per heavy atom. The Bertz CT molecular complexity index is 1130. The first-order valence-corrected chi connectivity index (χ1v) is 9.63. The summed E-state index contributed by atoms with van der Waals surface area (Å²) in [7, 11) is 0. The fraction of sp³-hybridized carbons (Fsp3) is 0.167. The van der Waals surface area contributed by atoms with E-state index in [1.165, 1.54) is 17.7 Å². The van der Waals surface area contributed by atoms with Crippen LogP contribution in [0.15, 0.2) is 72.8 Å². The average molecular weight is 387 g/mol. The topological polar surface area (TPSA) is 46.9 Å². The molecule has 0 unspecified atom stereocenters. The second kappa shape index (κ2) is 8.27. The lowest BCUT2D eigenvalue weighted by Gasteiger charge is -2.11. The van der Waals surface area contributed by atoms with Gasteiger partial charge in [0.2, 0.25) is 5.91 Å². The van der Waals surface area contributed by atoms with E-state index in [2.05, 4.69) is 41.1 Å². The van der Waals surface area contributed by atoms with Gasteiger partial charge in [-0.05, 0) is 36.8 Å². The first-order chi connectivity index (χ1) is 14.1. The number of imidazole rings is 1. The van der Waals surface area contributed by atoms with E-state index in [0.29, 0.717) is 13.1 Å². The van der Waals surface area contributed by atoms with Gasteiger partial charge < -0.3 is 9.88 Å². The fourth-order valence-corrected chi connectivity index (χ4v) is 3.38. The Labute approximate surface area is 169 Å². The molecule has 0 spiro atoms. The highest BCUT2D eigenvalue weighted by Crippen LogP contribution is 2.25. The van der Waals surface area contributed by atoms with Crippen LogP contribution in [0.2, 0.25) is 0 Å². The van der Waals surface area contributed by atoms with Crippen LogP contribution in [0, 0.1) is 12.7 Å². The van der Waals surface area contributed by atoms with Crippen molar-refractivity contribution in [3.8, 4) is 11.4 Å². The summed E-state index contributed by atoms with van der Waals surface area (Å²) in [4.78, 5) is 17.1. The summed E-state index contributed by atoms with van der Waals surface area (Å²) in [5.41, 5.74) is 5.00. The van der Waals surface area contributed by atoms with Gasteiger partial charge in [-0.15, -0.1) is 0 Å². The fourth-order valence-electron chi connectivity index (χ4n) is 3.38. The molecule has 0 aliphatic carbocycles. The van der Waals surface area contributed by atoms with Crippen LogP contribution >= 0.6 is 0 Å². The van der Waals surface area contributed by atoms with Gasteiger partial charge in [0.15, 0.2) is 0 Å². The number of rotatable bonds is 6. The number of aryl methyl sites for hydroxylation is 1. The van der Waals surface area contributed by atoms with E-state index in [0.717, 1.165) is 28.0 Å². The number of benzene rings is 3. The number of carbonyl (C=O) groups excluding carboxylic acids is 1. The molecule has 1 aromatic heterocycles. The summed E-state index contributed by atoms with van der Waals surface area (Å²) in [6.07, 6.45) is 0.232. The predicted octanol–water partition coefficient (Wildman–Crippen LogP) is 4.51. The number of para-hydroxylation sites is 2. The molecule has 146 valence electrons. The Balaban J connectivity index is 1.49. The maximum Gasteiger partial charge on any atom is 0.224 e. The number of hydrogen-bond donors (Lipinski definition) is 1. The van der Waals surface area contributed by atoms with Gasteiger partial charge >= 0.3 is 0 Å². The van der Waals surface area contributed by atoms with Crippen molar-refractivity contribution in [3.63, 3.8) is 0 Å². The molecule has 0 fully saturated rings. The summed E-state index contributed by atoms with van der Waals surface area (Å²) in [5.74, 6) is 0.502. The molecule has 0 atom stereocenters. The lowest BCUT2D eigenvalue weighted by atomic mass is 10.1. The highest BCUT2D eigenvalue weighted by molar-refractivity contribution is 5.81. The molecular formula is C24H22FN3O. The predicted molar refractivity (Wildman–Crippen MR) is 113 cm³/mol. The van der Waals surface area contributed by atoms with E-state index in [1.54, 1.807) is 12.1 Å². The molecule has 4 aromatic rings. The van der Waals surface area contributed by atoms with Gasteiger partial charge in [0.25, 0.3) is 0 Å². The molecule has 0 saturated heterocycles. The molecule has 5 heteroatoms. The second-order valence-electron chi connectivity index (χ2n) is 7.09. The van der Waals surface area contributed by atoms with E-state index < -0.39 is 0 Å². The smallest absolute Gasteiger partial charge is 0.224 e. The van der Waals surface area contributed by atoms with Crippen LogP contribution in [0.3, 0.4) is 0 Å². The van der Waals surface area contributed by atoms with Crippen LogP contribution < -0.4 is 5.32 Å². The van der Waals surface area contributed by atoms with Gasteiger partial charge in [-0.25, -0.2) is 9.37 Å². The van der Waals surface area contributed by atoms with Crippen molar-refractivity contribution in [1.29, 1.82) is 0 Å². The van der Waals surface area contributed by atoms with Crippen LogP contribution in [0.4, 0.5) is 4.39 Å². The quantitative estimate of drug-likeness (QED) is 0.529. The molecule has 4 nitrogen and oxygen atoms in total. The van der Waals surface area contributed by atoms with Gasteiger partial charge in [0, 0.05) is 18.7 Å². The Kier molecular flexibility index (Phi) is 5.38. The number of fused-ring (bicyclic) bond motifs is 1. The molecule has 29 heavy (non-hydrogen) atoms. The summed E-state index contributed by atoms with van der Waals surface area (Å²) in [6.45, 7) is 3.15. The van der Waals surface area contributed by atoms with Crippen LogP contribution in [0.5, 0.6) is 0 Å². The van der Waals surface area contributed by atoms with Crippen molar-refractivity contribution in [2.45, 2.75) is 19.9 Å². The minimum atomic E-state index is -0.301. The molecule has 0 radical (unpaired) electrons. The zero-order valence-corrected chi connectivity index (χ0v) is 16.2. The molecule has 0 aliphatic heterocycles. The number of halogens is 1. The first-order valence-electron chi connectivity index (χ1n) is 9.63. The van der Waals surface area contributed by atoms with Crippen LogP contribution in [-0.4, -0.2) is 22.0 Å². The van der Waals surface area contributed by atoms with E-state index in [-0.39, 0.29) is 18.1 Å². The standard InChI is InChI=1S/C24H22FN3O/c1-17-6-10-19(11-7-17)24-27-21-4-2-3-5-22(21)28(24)15-14-26-23(29)16-18-8-12-20(25)13-9-18/h2-13H,14-16H2,1H3,(H,26,29). The SMILES string of the molecule is Cc1ccc(-c2nc3ccccc3n2CCNC(=O)Cc2ccc(F)cc2)cc1. The zero-order valence-electron chi connectivity index (χ0n) is 16.2. The average Bonchev–Trinajstić information content (AvgIpc) is 3.09. The third kappa shape index (κ3) is 4.35. The summed E-state index contributed by atoms with van der Waals surface area (Å²) in [6, 6.07) is 22.3. The Morgan fingerprint density at radius 3 is 2.48 bits per heavy atom. The molecule has 0 saturated carbocycles. The van der Waals surface area contributed by atoms with E-state index >= 15 is 0 Å². The molecule has 1 heterocycles. The van der Waals surface area contributed by atoms with Gasteiger partial charge in [-0.2, -0.15) is 0 Å². The largest absolute Gasteiger partial charge is 0.354 e. The van der Waals surface area contributed by atoms with Crippen LogP contribution in [0.1, 0.15) is 11.1 Å². The minimum Gasteiger partial charge on any atom is -0.354 e. The summed E-state index contributed by atoms with van der Waals surface area (Å²) >= 11 is 0. The number of nitrogens with zero attached hydrogens (tertiary/aromatic N) is 2. The molecule has 3 aromatic carbocycles. The van der Waals surface area contributed by atoms with Crippen molar-refractivity contribution >= 4 is 16.9 Å². The molecule has 1 N–H and O–H groups in total. The van der Waals surface area contributed by atoms with Crippen molar-refractivity contribution in [2.75, 3.05) is 6.54 Å². The third-order valence-corrected chi connectivity index (χ3v) is 4.90. The zero-order chi connectivity index (χ0) is 20.2. The van der Waals surface area contributed by atoms with Crippen molar-refractivity contribution in [2.24, 2.45) is 0 Å². The van der Waals surface area contributed by atoms with Crippen molar-refractivity contribution in [1.82, 2.24) is 14.9 Å². The van der Waals surface area contributed by atoms with Crippen LogP contribution in [0.25, 0.3) is 22.4 Å². The van der Waals surface area contributed by atoms with Gasteiger partial charge in [-0.3, -0.25) is 4.79 Å². The first kappa shape index (κ1) is 18.9. The number of aromatic nitrogens is 2. The monoisotopic (exact) mass is 387 g/mol. The highest BCUT2D eigenvalue weighted by Gasteiger charge is 2.12. The molecule has 1 amide bonds. The lowest BCUT2D eigenvalue weighted by Crippen LogP contribution is -2.28. The minimum absolute atomic E-state index is 0.0853. The van der Waals surface area contributed by atoms with E-state index in [1.807, 2.05) is 24.3 Å². The number of amides is 1. The highest BCUT2D eigenvalue weighted by atomic mass is 19.1. The van der Waals surface area contributed by atoms with E-state index in [4.69, 9.17) is 4.98 Å². The van der Waals surface area contributed by atoms with Gasteiger partial charge in [-0.1, -0.05) is 54.1 Å². The van der Waals surface area contributed by atoms with Crippen molar-refractivity contribution < 1.29 is 9.18 Å². The molecule has 0 aliphatic rings. The second-order valence-corrected chi connectivity index (χ2v) is 7.09. The Hall–Kier alpha value is -3.47. The third-order valence-electron chi connectivity index (χ3n) is 4.90. The normalized spacial score (nSPS) is 11.0. The maximum atomic E-state index is 13.0. The summed E-state index contributed by atoms with van der Waals surface area (Å²) < 4.78 is 15.1. The van der Waals surface area contributed by atoms with Crippen molar-refractivity contribution in [3.05, 3.63) is 89.7 Å². The number of hydrogen-bond acceptors (Lipinski definition) is 2. The van der Waals surface area contributed by atoms with E-state index in [9.17, 15) is 9.18 Å². The Morgan fingerprint density at radius 2 is 1.72 bits per heavy atom. The molecular weight excluding hydrogens is 365 g/mol. The number of nitrogens with one attached hydrogen (secondary N) is 1. The molecule has 4 rings (SSSR count). The lowest BCUT2D eigenvalue weighted by molar-refractivity contribution is -0.120. The van der Waals surface area contributed by atoms with Gasteiger partial charge in [0.05, 0.1) is 17.5 Å².